The zero-order valence-electron chi connectivity index (χ0n) is 9.04. The molecule has 1 fully saturated rings. The molecule has 0 amide bonds. The summed E-state index contributed by atoms with van der Waals surface area (Å²) < 4.78 is 40.7. The quantitative estimate of drug-likeness (QED) is 0.669. The Morgan fingerprint density at radius 2 is 1.88 bits per heavy atom. The molecule has 0 aliphatic carbocycles. The highest BCUT2D eigenvalue weighted by Gasteiger charge is 2.51. The number of hydrogen-bond donors (Lipinski definition) is 0. The Morgan fingerprint density at radius 3 is 2.50 bits per heavy atom. The normalized spacial score (nSPS) is 30.2. The predicted molar refractivity (Wildman–Crippen MR) is 56.3 cm³/mol. The van der Waals surface area contributed by atoms with Crippen LogP contribution >= 0.6 is 0 Å². The van der Waals surface area contributed by atoms with Crippen LogP contribution < -0.4 is 0 Å². The highest BCUT2D eigenvalue weighted by molar-refractivity contribution is 5.22. The molecular formula is C12H14F3N. The summed E-state index contributed by atoms with van der Waals surface area (Å²) in [5, 5.41) is 0. The summed E-state index contributed by atoms with van der Waals surface area (Å²) in [5.74, 6) is -0.701. The number of piperidine rings is 1. The minimum atomic E-state index is -3.36. The van der Waals surface area contributed by atoms with Crippen molar-refractivity contribution in [3.63, 3.8) is 0 Å². The van der Waals surface area contributed by atoms with Gasteiger partial charge in [-0.15, -0.1) is 0 Å². The number of rotatable bonds is 1. The van der Waals surface area contributed by atoms with Crippen LogP contribution in [0, 0.1) is 0 Å². The van der Waals surface area contributed by atoms with Gasteiger partial charge >= 0.3 is 6.05 Å². The van der Waals surface area contributed by atoms with Crippen molar-refractivity contribution in [1.29, 1.82) is 0 Å². The summed E-state index contributed by atoms with van der Waals surface area (Å²) in [7, 11) is 1.26. The minimum absolute atomic E-state index is 0.215. The average Bonchev–Trinajstić information content (AvgIpc) is 2.28. The van der Waals surface area contributed by atoms with E-state index >= 15 is 0 Å². The molecule has 1 nitrogen and oxygen atoms in total. The van der Waals surface area contributed by atoms with E-state index in [4.69, 9.17) is 0 Å². The van der Waals surface area contributed by atoms with E-state index in [2.05, 4.69) is 0 Å². The fourth-order valence-corrected chi connectivity index (χ4v) is 2.12. The summed E-state index contributed by atoms with van der Waals surface area (Å²) in [6.07, 6.45) is -1.70. The molecule has 0 radical (unpaired) electrons. The topological polar surface area (TPSA) is 3.24 Å². The molecule has 1 heterocycles. The second-order valence-electron chi connectivity index (χ2n) is 4.22. The van der Waals surface area contributed by atoms with Crippen LogP contribution in [0.1, 0.15) is 17.9 Å². The van der Waals surface area contributed by atoms with Crippen molar-refractivity contribution in [2.24, 2.45) is 0 Å². The lowest BCUT2D eigenvalue weighted by molar-refractivity contribution is -0.206. The van der Waals surface area contributed by atoms with E-state index in [1.807, 2.05) is 0 Å². The van der Waals surface area contributed by atoms with Crippen LogP contribution in [-0.2, 0) is 0 Å². The molecule has 0 N–H and O–H groups in total. The molecule has 16 heavy (non-hydrogen) atoms. The zero-order valence-corrected chi connectivity index (χ0v) is 9.04. The second-order valence-corrected chi connectivity index (χ2v) is 4.22. The van der Waals surface area contributed by atoms with E-state index in [0.717, 1.165) is 4.90 Å². The van der Waals surface area contributed by atoms with Crippen LogP contribution in [0.3, 0.4) is 0 Å². The summed E-state index contributed by atoms with van der Waals surface area (Å²) in [6, 6.07) is 5.34. The lowest BCUT2D eigenvalue weighted by atomic mass is 9.87. The molecule has 2 atom stereocenters. The van der Waals surface area contributed by atoms with Crippen molar-refractivity contribution >= 4 is 0 Å². The van der Waals surface area contributed by atoms with Crippen molar-refractivity contribution in [1.82, 2.24) is 4.90 Å². The molecular weight excluding hydrogens is 215 g/mol. The Kier molecular flexibility index (Phi) is 2.93. The highest BCUT2D eigenvalue weighted by Crippen LogP contribution is 2.41. The van der Waals surface area contributed by atoms with E-state index in [1.165, 1.54) is 7.05 Å². The molecule has 2 rings (SSSR count). The van der Waals surface area contributed by atoms with E-state index in [0.29, 0.717) is 12.0 Å². The summed E-state index contributed by atoms with van der Waals surface area (Å²) >= 11 is 0. The van der Waals surface area contributed by atoms with Crippen LogP contribution in [0.5, 0.6) is 0 Å². The highest BCUT2D eigenvalue weighted by atomic mass is 19.3. The first-order valence-electron chi connectivity index (χ1n) is 5.31. The van der Waals surface area contributed by atoms with Gasteiger partial charge in [-0.05, 0) is 19.0 Å². The smallest absolute Gasteiger partial charge is 0.245 e. The first-order chi connectivity index (χ1) is 7.53. The standard InChI is InChI=1S/C12H14F3N/c1-16-8-7-10(11(13)12(16,14)15)9-5-3-2-4-6-9/h2-6,10-11H,7-8H2,1H3. The number of likely N-dealkylation sites (tertiary alicyclic amines) is 1. The van der Waals surface area contributed by atoms with E-state index in [-0.39, 0.29) is 6.54 Å². The van der Waals surface area contributed by atoms with E-state index < -0.39 is 18.1 Å². The third-order valence-electron chi connectivity index (χ3n) is 3.20. The fraction of sp³-hybridized carbons (Fsp3) is 0.500. The number of hydrogen-bond acceptors (Lipinski definition) is 1. The van der Waals surface area contributed by atoms with Crippen molar-refractivity contribution < 1.29 is 13.2 Å². The zero-order chi connectivity index (χ0) is 11.8. The fourth-order valence-electron chi connectivity index (χ4n) is 2.12. The number of halogens is 3. The number of alkyl halides is 3. The third-order valence-corrected chi connectivity index (χ3v) is 3.20. The Bertz CT molecular complexity index is 353. The molecule has 1 aliphatic rings. The monoisotopic (exact) mass is 229 g/mol. The van der Waals surface area contributed by atoms with Crippen LogP contribution in [0.25, 0.3) is 0 Å². The van der Waals surface area contributed by atoms with Gasteiger partial charge in [-0.3, -0.25) is 0 Å². The van der Waals surface area contributed by atoms with Crippen LogP contribution in [0.15, 0.2) is 30.3 Å². The summed E-state index contributed by atoms with van der Waals surface area (Å²) in [6.45, 7) is 0.215. The van der Waals surface area contributed by atoms with Crippen LogP contribution in [0.4, 0.5) is 13.2 Å². The van der Waals surface area contributed by atoms with Gasteiger partial charge in [0.25, 0.3) is 0 Å². The predicted octanol–water partition coefficient (Wildman–Crippen LogP) is 3.04. The molecule has 88 valence electrons. The number of nitrogens with zero attached hydrogens (tertiary/aromatic N) is 1. The van der Waals surface area contributed by atoms with E-state index in [1.54, 1.807) is 30.3 Å². The molecule has 0 bridgehead atoms. The largest absolute Gasteiger partial charge is 0.336 e. The Morgan fingerprint density at radius 1 is 1.25 bits per heavy atom. The molecule has 1 aliphatic heterocycles. The lowest BCUT2D eigenvalue weighted by Gasteiger charge is -2.39. The Balaban J connectivity index is 2.25. The van der Waals surface area contributed by atoms with Crippen molar-refractivity contribution in [2.75, 3.05) is 13.6 Å². The molecule has 0 spiro atoms. The molecule has 1 aromatic rings. The summed E-state index contributed by atoms with van der Waals surface area (Å²) in [4.78, 5) is 0.789. The van der Waals surface area contributed by atoms with E-state index in [9.17, 15) is 13.2 Å². The molecule has 4 heteroatoms. The molecule has 0 saturated carbocycles. The lowest BCUT2D eigenvalue weighted by Crippen LogP contribution is -2.53. The van der Waals surface area contributed by atoms with Crippen molar-refractivity contribution in [3.05, 3.63) is 35.9 Å². The van der Waals surface area contributed by atoms with Gasteiger partial charge in [-0.1, -0.05) is 30.3 Å². The van der Waals surface area contributed by atoms with Gasteiger partial charge < -0.3 is 0 Å². The molecule has 1 aromatic carbocycles. The molecule has 0 aromatic heterocycles. The molecule has 2 unspecified atom stereocenters. The molecule has 1 saturated heterocycles. The van der Waals surface area contributed by atoms with Crippen LogP contribution in [-0.4, -0.2) is 30.7 Å². The van der Waals surface area contributed by atoms with Gasteiger partial charge in [0.15, 0.2) is 6.17 Å². The van der Waals surface area contributed by atoms with Gasteiger partial charge in [0.2, 0.25) is 0 Å². The SMILES string of the molecule is CN1CCC(c2ccccc2)C(F)C1(F)F. The summed E-state index contributed by atoms with van der Waals surface area (Å²) in [5.41, 5.74) is 0.655. The second kappa shape index (κ2) is 4.09. The van der Waals surface area contributed by atoms with Gasteiger partial charge in [0.05, 0.1) is 0 Å². The maximum absolute atomic E-state index is 13.8. The maximum atomic E-state index is 13.8. The van der Waals surface area contributed by atoms with Gasteiger partial charge in [0.1, 0.15) is 0 Å². The Hall–Kier alpha value is -1.03. The van der Waals surface area contributed by atoms with Crippen LogP contribution in [0.2, 0.25) is 0 Å². The average molecular weight is 229 g/mol. The third kappa shape index (κ3) is 1.82. The first-order valence-corrected chi connectivity index (χ1v) is 5.31. The van der Waals surface area contributed by atoms with Gasteiger partial charge in [-0.25, -0.2) is 9.29 Å². The maximum Gasteiger partial charge on any atom is 0.336 e. The van der Waals surface area contributed by atoms with Crippen molar-refractivity contribution in [3.8, 4) is 0 Å². The first kappa shape index (κ1) is 11.5. The minimum Gasteiger partial charge on any atom is -0.245 e. The van der Waals surface area contributed by atoms with Gasteiger partial charge in [0, 0.05) is 12.5 Å². The number of benzene rings is 1. The van der Waals surface area contributed by atoms with Crippen molar-refractivity contribution in [2.45, 2.75) is 24.6 Å². The van der Waals surface area contributed by atoms with Gasteiger partial charge in [-0.2, -0.15) is 8.78 Å². The Labute approximate surface area is 92.9 Å².